The van der Waals surface area contributed by atoms with E-state index in [2.05, 4.69) is 12.1 Å². The predicted octanol–water partition coefficient (Wildman–Crippen LogP) is 2.66. The van der Waals surface area contributed by atoms with E-state index in [1.807, 2.05) is 44.2 Å². The minimum absolute atomic E-state index is 0.0105. The van der Waals surface area contributed by atoms with Crippen molar-refractivity contribution in [3.8, 4) is 0 Å². The topological polar surface area (TPSA) is 27.7 Å². The van der Waals surface area contributed by atoms with Gasteiger partial charge < -0.3 is 14.2 Å². The first-order valence-corrected chi connectivity index (χ1v) is 6.33. The highest BCUT2D eigenvalue weighted by molar-refractivity contribution is 5.16. The van der Waals surface area contributed by atoms with Gasteiger partial charge in [-0.3, -0.25) is 0 Å². The van der Waals surface area contributed by atoms with Crippen LogP contribution in [0.25, 0.3) is 0 Å². The normalized spacial score (nSPS) is 32.7. The van der Waals surface area contributed by atoms with Crippen molar-refractivity contribution in [2.45, 2.75) is 44.6 Å². The molecule has 3 rings (SSSR count). The first kappa shape index (κ1) is 11.9. The van der Waals surface area contributed by atoms with Gasteiger partial charge in [-0.2, -0.15) is 0 Å². The Hall–Kier alpha value is -1.16. The Balaban J connectivity index is 1.60. The second kappa shape index (κ2) is 4.50. The second-order valence-electron chi connectivity index (χ2n) is 5.21. The molecule has 1 aromatic carbocycles. The zero-order valence-corrected chi connectivity index (χ0v) is 10.7. The largest absolute Gasteiger partial charge is 0.367 e. The van der Waals surface area contributed by atoms with Gasteiger partial charge in [0, 0.05) is 0 Å². The average Bonchev–Trinajstić information content (AvgIpc) is 2.83. The van der Waals surface area contributed by atoms with Gasteiger partial charge in [0.05, 0.1) is 6.61 Å². The van der Waals surface area contributed by atoms with Crippen molar-refractivity contribution >= 4 is 0 Å². The molecule has 1 unspecified atom stereocenters. The zero-order chi connectivity index (χ0) is 12.6. The maximum absolute atomic E-state index is 5.90. The highest BCUT2D eigenvalue weighted by Gasteiger charge is 2.46. The molecule has 3 atom stereocenters. The van der Waals surface area contributed by atoms with Crippen molar-refractivity contribution in [3.63, 3.8) is 0 Å². The Morgan fingerprint density at radius 1 is 1.11 bits per heavy atom. The molecular weight excluding hydrogens is 228 g/mol. The summed E-state index contributed by atoms with van der Waals surface area (Å²) >= 11 is 0. The number of hydrogen-bond acceptors (Lipinski definition) is 3. The van der Waals surface area contributed by atoms with E-state index in [0.29, 0.717) is 6.61 Å². The van der Waals surface area contributed by atoms with E-state index in [1.165, 1.54) is 5.56 Å². The van der Waals surface area contributed by atoms with Crippen LogP contribution in [0.1, 0.15) is 19.4 Å². The number of ether oxygens (including phenoxy) is 3. The zero-order valence-electron chi connectivity index (χ0n) is 10.7. The molecule has 0 saturated carbocycles. The van der Waals surface area contributed by atoms with Crippen LogP contribution in [0.5, 0.6) is 0 Å². The van der Waals surface area contributed by atoms with Crippen LogP contribution in [0.4, 0.5) is 0 Å². The number of benzene rings is 1. The fraction of sp³-hybridized carbons (Fsp3) is 0.467. The molecule has 1 aliphatic carbocycles. The molecule has 0 radical (unpaired) electrons. The quantitative estimate of drug-likeness (QED) is 0.767. The number of rotatable bonds is 3. The SMILES string of the molecule is CC1(C)OC2[C@@H](OCc3ccccc3)C=C[C@@H]2O1. The molecule has 0 bridgehead atoms. The molecule has 3 heteroatoms. The fourth-order valence-corrected chi connectivity index (χ4v) is 2.47. The van der Waals surface area contributed by atoms with E-state index in [1.54, 1.807) is 0 Å². The van der Waals surface area contributed by atoms with Crippen LogP contribution in [0.2, 0.25) is 0 Å². The van der Waals surface area contributed by atoms with Gasteiger partial charge in [-0.1, -0.05) is 42.5 Å². The van der Waals surface area contributed by atoms with Crippen LogP contribution in [-0.2, 0) is 20.8 Å². The Morgan fingerprint density at radius 3 is 2.67 bits per heavy atom. The summed E-state index contributed by atoms with van der Waals surface area (Å²) in [6.07, 6.45) is 4.07. The van der Waals surface area contributed by atoms with Crippen molar-refractivity contribution in [2.75, 3.05) is 0 Å². The molecule has 96 valence electrons. The molecule has 1 aromatic rings. The summed E-state index contributed by atoms with van der Waals surface area (Å²) in [5, 5.41) is 0. The molecule has 0 amide bonds. The summed E-state index contributed by atoms with van der Waals surface area (Å²) in [4.78, 5) is 0. The van der Waals surface area contributed by atoms with Crippen LogP contribution in [0.15, 0.2) is 42.5 Å². The minimum atomic E-state index is -0.506. The summed E-state index contributed by atoms with van der Waals surface area (Å²) in [5.41, 5.74) is 1.17. The van der Waals surface area contributed by atoms with Crippen LogP contribution in [-0.4, -0.2) is 24.1 Å². The minimum Gasteiger partial charge on any atom is -0.367 e. The Bertz CT molecular complexity index is 438. The van der Waals surface area contributed by atoms with Gasteiger partial charge in [0.15, 0.2) is 5.79 Å². The van der Waals surface area contributed by atoms with Crippen molar-refractivity contribution < 1.29 is 14.2 Å². The predicted molar refractivity (Wildman–Crippen MR) is 68.0 cm³/mol. The van der Waals surface area contributed by atoms with E-state index in [4.69, 9.17) is 14.2 Å². The van der Waals surface area contributed by atoms with Gasteiger partial charge in [-0.25, -0.2) is 0 Å². The summed E-state index contributed by atoms with van der Waals surface area (Å²) in [7, 11) is 0. The third-order valence-corrected chi connectivity index (χ3v) is 3.26. The van der Waals surface area contributed by atoms with Gasteiger partial charge >= 0.3 is 0 Å². The molecule has 0 N–H and O–H groups in total. The summed E-state index contributed by atoms with van der Waals surface area (Å²) in [6.45, 7) is 4.48. The third-order valence-electron chi connectivity index (χ3n) is 3.26. The molecule has 1 fully saturated rings. The van der Waals surface area contributed by atoms with E-state index < -0.39 is 5.79 Å². The lowest BCUT2D eigenvalue weighted by atomic mass is 10.2. The van der Waals surface area contributed by atoms with Gasteiger partial charge in [0.2, 0.25) is 0 Å². The lowest BCUT2D eigenvalue weighted by Crippen LogP contribution is -2.31. The number of hydrogen-bond donors (Lipinski definition) is 0. The van der Waals surface area contributed by atoms with Gasteiger partial charge in [-0.05, 0) is 19.4 Å². The van der Waals surface area contributed by atoms with E-state index in [-0.39, 0.29) is 18.3 Å². The first-order valence-electron chi connectivity index (χ1n) is 6.33. The Kier molecular flexibility index (Phi) is 2.98. The van der Waals surface area contributed by atoms with Crippen molar-refractivity contribution in [1.82, 2.24) is 0 Å². The molecule has 2 aliphatic rings. The lowest BCUT2D eigenvalue weighted by Gasteiger charge is -2.21. The molecule has 0 aromatic heterocycles. The van der Waals surface area contributed by atoms with Crippen LogP contribution in [0.3, 0.4) is 0 Å². The highest BCUT2D eigenvalue weighted by Crippen LogP contribution is 2.35. The summed E-state index contributed by atoms with van der Waals surface area (Å²) < 4.78 is 17.5. The summed E-state index contributed by atoms with van der Waals surface area (Å²) in [5.74, 6) is -0.506. The van der Waals surface area contributed by atoms with Crippen molar-refractivity contribution in [2.24, 2.45) is 0 Å². The molecule has 3 nitrogen and oxygen atoms in total. The molecule has 1 aliphatic heterocycles. The molecule has 1 heterocycles. The fourth-order valence-electron chi connectivity index (χ4n) is 2.47. The van der Waals surface area contributed by atoms with Gasteiger partial charge in [0.25, 0.3) is 0 Å². The lowest BCUT2D eigenvalue weighted by molar-refractivity contribution is -0.156. The standard InChI is InChI=1S/C15H18O3/c1-15(2)17-13-9-8-12(14(13)18-15)16-10-11-6-4-3-5-7-11/h3-9,12-14H,10H2,1-2H3/t12-,13-,14?/m0/s1. The van der Waals surface area contributed by atoms with Gasteiger partial charge in [0.1, 0.15) is 18.3 Å². The molecule has 0 spiro atoms. The van der Waals surface area contributed by atoms with Crippen LogP contribution in [0, 0.1) is 0 Å². The maximum atomic E-state index is 5.90. The molecule has 18 heavy (non-hydrogen) atoms. The number of fused-ring (bicyclic) bond motifs is 1. The average molecular weight is 246 g/mol. The molecular formula is C15H18O3. The second-order valence-corrected chi connectivity index (χ2v) is 5.21. The van der Waals surface area contributed by atoms with Crippen LogP contribution >= 0.6 is 0 Å². The summed E-state index contributed by atoms with van der Waals surface area (Å²) in [6, 6.07) is 10.2. The smallest absolute Gasteiger partial charge is 0.164 e. The van der Waals surface area contributed by atoms with Crippen LogP contribution < -0.4 is 0 Å². The van der Waals surface area contributed by atoms with Gasteiger partial charge in [-0.15, -0.1) is 0 Å². The van der Waals surface area contributed by atoms with Crippen molar-refractivity contribution in [1.29, 1.82) is 0 Å². The maximum Gasteiger partial charge on any atom is 0.164 e. The Labute approximate surface area is 107 Å². The van der Waals surface area contributed by atoms with E-state index in [9.17, 15) is 0 Å². The third kappa shape index (κ3) is 2.34. The molecule has 1 saturated heterocycles. The van der Waals surface area contributed by atoms with Crippen molar-refractivity contribution in [3.05, 3.63) is 48.0 Å². The highest BCUT2D eigenvalue weighted by atomic mass is 16.8. The van der Waals surface area contributed by atoms with E-state index >= 15 is 0 Å². The Morgan fingerprint density at radius 2 is 1.89 bits per heavy atom. The monoisotopic (exact) mass is 246 g/mol. The first-order chi connectivity index (χ1) is 8.64. The van der Waals surface area contributed by atoms with E-state index in [0.717, 1.165) is 0 Å².